The monoisotopic (exact) mass is 347 g/mol. The third-order valence-electron chi connectivity index (χ3n) is 4.42. The van der Waals surface area contributed by atoms with E-state index < -0.39 is 0 Å². The number of nitrogens with one attached hydrogen (secondary N) is 2. The molecule has 3 rings (SSSR count). The molecule has 24 heavy (non-hydrogen) atoms. The fraction of sp³-hybridized carbons (Fsp3) is 0.500. The fourth-order valence-electron chi connectivity index (χ4n) is 2.64. The molecule has 2 fully saturated rings. The minimum atomic E-state index is -0.216. The number of hydrogen-bond donors (Lipinski definition) is 2. The predicted octanol–water partition coefficient (Wildman–Crippen LogP) is 3.66. The van der Waals surface area contributed by atoms with Crippen molar-refractivity contribution in [1.82, 2.24) is 5.43 Å². The first-order chi connectivity index (χ1) is 11.5. The van der Waals surface area contributed by atoms with Gasteiger partial charge in [0.1, 0.15) is 0 Å². The lowest BCUT2D eigenvalue weighted by atomic mass is 10.1. The van der Waals surface area contributed by atoms with Crippen molar-refractivity contribution in [3.63, 3.8) is 0 Å². The van der Waals surface area contributed by atoms with Crippen LogP contribution in [0.2, 0.25) is 5.02 Å². The summed E-state index contributed by atoms with van der Waals surface area (Å²) in [6.45, 7) is 1.84. The molecule has 2 aliphatic carbocycles. The Balaban J connectivity index is 1.44. The van der Waals surface area contributed by atoms with Crippen LogP contribution in [0.3, 0.4) is 0 Å². The van der Waals surface area contributed by atoms with Crippen molar-refractivity contribution >= 4 is 34.8 Å². The molecule has 6 heteroatoms. The number of rotatable bonds is 7. The molecule has 0 aromatic heterocycles. The molecule has 0 radical (unpaired) electrons. The molecule has 0 aliphatic heterocycles. The quantitative estimate of drug-likeness (QED) is 0.583. The maximum absolute atomic E-state index is 12.0. The van der Waals surface area contributed by atoms with Crippen molar-refractivity contribution in [2.45, 2.75) is 45.4 Å². The third-order valence-corrected chi connectivity index (χ3v) is 4.83. The maximum Gasteiger partial charge on any atom is 0.240 e. The molecule has 1 aromatic carbocycles. The molecular formula is C18H22ClN3O2. The van der Waals surface area contributed by atoms with Crippen LogP contribution in [0.1, 0.15) is 44.1 Å². The van der Waals surface area contributed by atoms with E-state index in [-0.39, 0.29) is 24.7 Å². The fourth-order valence-corrected chi connectivity index (χ4v) is 2.81. The van der Waals surface area contributed by atoms with Gasteiger partial charge in [-0.25, -0.2) is 5.43 Å². The summed E-state index contributed by atoms with van der Waals surface area (Å²) >= 11 is 6.03. The zero-order valence-electron chi connectivity index (χ0n) is 13.8. The molecule has 2 amide bonds. The molecule has 5 nitrogen and oxygen atoms in total. The Bertz CT molecular complexity index is 665. The number of hydrogen-bond acceptors (Lipinski definition) is 3. The average Bonchev–Trinajstić information content (AvgIpc) is 3.43. The normalized spacial score (nSPS) is 16.4. The Morgan fingerprint density at radius 2 is 1.75 bits per heavy atom. The molecule has 0 atom stereocenters. The number of carbonyl (C=O) groups is 2. The van der Waals surface area contributed by atoms with E-state index in [9.17, 15) is 9.59 Å². The topological polar surface area (TPSA) is 70.6 Å². The van der Waals surface area contributed by atoms with Gasteiger partial charge >= 0.3 is 0 Å². The Morgan fingerprint density at radius 3 is 2.38 bits per heavy atom. The van der Waals surface area contributed by atoms with E-state index in [1.165, 1.54) is 25.7 Å². The van der Waals surface area contributed by atoms with E-state index in [2.05, 4.69) is 15.8 Å². The molecule has 128 valence electrons. The Morgan fingerprint density at radius 1 is 1.12 bits per heavy atom. The summed E-state index contributed by atoms with van der Waals surface area (Å²) in [5, 5.41) is 7.70. The van der Waals surface area contributed by atoms with Crippen molar-refractivity contribution in [2.24, 2.45) is 16.9 Å². The highest BCUT2D eigenvalue weighted by atomic mass is 35.5. The van der Waals surface area contributed by atoms with Crippen LogP contribution in [0.4, 0.5) is 5.69 Å². The van der Waals surface area contributed by atoms with Crippen LogP contribution in [0, 0.1) is 18.8 Å². The third kappa shape index (κ3) is 4.57. The number of amides is 2. The second kappa shape index (κ2) is 7.34. The molecule has 2 aliphatic rings. The van der Waals surface area contributed by atoms with Crippen LogP contribution >= 0.6 is 11.6 Å². The lowest BCUT2D eigenvalue weighted by Gasteiger charge is -2.09. The standard InChI is InChI=1S/C18H22ClN3O2/c1-11-14(19)3-2-4-15(11)20-16(23)9-10-17(24)21-22-18(12-5-6-12)13-7-8-13/h2-4,12-13H,5-10H2,1H3,(H,20,23)(H,21,24). The minimum Gasteiger partial charge on any atom is -0.326 e. The lowest BCUT2D eigenvalue weighted by molar-refractivity contribution is -0.124. The number of benzene rings is 1. The zero-order chi connectivity index (χ0) is 17.1. The molecule has 1 aromatic rings. The molecular weight excluding hydrogens is 326 g/mol. The average molecular weight is 348 g/mol. The van der Waals surface area contributed by atoms with Crippen LogP contribution < -0.4 is 10.7 Å². The van der Waals surface area contributed by atoms with Crippen LogP contribution in [0.15, 0.2) is 23.3 Å². The van der Waals surface area contributed by atoms with E-state index >= 15 is 0 Å². The summed E-state index contributed by atoms with van der Waals surface area (Å²) in [6, 6.07) is 5.35. The van der Waals surface area contributed by atoms with Gasteiger partial charge in [0.25, 0.3) is 0 Å². The summed E-state index contributed by atoms with van der Waals surface area (Å²) in [5.41, 5.74) is 5.26. The summed E-state index contributed by atoms with van der Waals surface area (Å²) < 4.78 is 0. The van der Waals surface area contributed by atoms with E-state index in [4.69, 9.17) is 11.6 Å². The van der Waals surface area contributed by atoms with Gasteiger partial charge in [0.05, 0.1) is 0 Å². The highest BCUT2D eigenvalue weighted by Crippen LogP contribution is 2.41. The van der Waals surface area contributed by atoms with Gasteiger partial charge < -0.3 is 5.32 Å². The van der Waals surface area contributed by atoms with E-state index in [0.29, 0.717) is 22.5 Å². The molecule has 0 bridgehead atoms. The second-order valence-electron chi connectivity index (χ2n) is 6.58. The van der Waals surface area contributed by atoms with Gasteiger partial charge in [0.15, 0.2) is 0 Å². The maximum atomic E-state index is 12.0. The van der Waals surface area contributed by atoms with E-state index in [1.54, 1.807) is 18.2 Å². The lowest BCUT2D eigenvalue weighted by Crippen LogP contribution is -2.23. The van der Waals surface area contributed by atoms with Crippen molar-refractivity contribution < 1.29 is 9.59 Å². The number of nitrogens with zero attached hydrogens (tertiary/aromatic N) is 1. The van der Waals surface area contributed by atoms with Gasteiger partial charge in [-0.2, -0.15) is 5.10 Å². The first-order valence-corrected chi connectivity index (χ1v) is 8.83. The van der Waals surface area contributed by atoms with Gasteiger partial charge in [-0.05, 0) is 62.1 Å². The first kappa shape index (κ1) is 17.0. The summed E-state index contributed by atoms with van der Waals surface area (Å²) in [6.07, 6.45) is 4.99. The first-order valence-electron chi connectivity index (χ1n) is 8.46. The van der Waals surface area contributed by atoms with Crippen LogP contribution in [0.5, 0.6) is 0 Å². The smallest absolute Gasteiger partial charge is 0.240 e. The number of anilines is 1. The summed E-state index contributed by atoms with van der Waals surface area (Å²) in [5.74, 6) is 0.731. The van der Waals surface area contributed by atoms with Crippen molar-refractivity contribution in [3.8, 4) is 0 Å². The van der Waals surface area contributed by atoms with Crippen molar-refractivity contribution in [1.29, 1.82) is 0 Å². The zero-order valence-corrected chi connectivity index (χ0v) is 14.5. The van der Waals surface area contributed by atoms with Gasteiger partial charge in [-0.3, -0.25) is 9.59 Å². The number of carbonyl (C=O) groups excluding carboxylic acids is 2. The van der Waals surface area contributed by atoms with Gasteiger partial charge in [-0.15, -0.1) is 0 Å². The number of hydrazone groups is 1. The van der Waals surface area contributed by atoms with Crippen LogP contribution in [0.25, 0.3) is 0 Å². The van der Waals surface area contributed by atoms with E-state index in [0.717, 1.165) is 11.3 Å². The SMILES string of the molecule is Cc1c(Cl)cccc1NC(=O)CCC(=O)NN=C(C1CC1)C1CC1. The Hall–Kier alpha value is -1.88. The predicted molar refractivity (Wildman–Crippen MR) is 95.1 cm³/mol. The molecule has 2 N–H and O–H groups in total. The molecule has 2 saturated carbocycles. The van der Waals surface area contributed by atoms with Crippen molar-refractivity contribution in [3.05, 3.63) is 28.8 Å². The number of halogens is 1. The molecule has 0 spiro atoms. The summed E-state index contributed by atoms with van der Waals surface area (Å²) in [7, 11) is 0. The molecule has 0 heterocycles. The highest BCUT2D eigenvalue weighted by Gasteiger charge is 2.38. The Kier molecular flexibility index (Phi) is 5.19. The minimum absolute atomic E-state index is 0.121. The van der Waals surface area contributed by atoms with Crippen LogP contribution in [-0.2, 0) is 9.59 Å². The Labute approximate surface area is 146 Å². The van der Waals surface area contributed by atoms with E-state index in [1.807, 2.05) is 6.92 Å². The van der Waals surface area contributed by atoms with Gasteiger partial charge in [0, 0.05) is 29.3 Å². The molecule has 0 saturated heterocycles. The van der Waals surface area contributed by atoms with Crippen LogP contribution in [-0.4, -0.2) is 17.5 Å². The highest BCUT2D eigenvalue weighted by molar-refractivity contribution is 6.31. The second-order valence-corrected chi connectivity index (χ2v) is 6.99. The van der Waals surface area contributed by atoms with Crippen molar-refractivity contribution in [2.75, 3.05) is 5.32 Å². The summed E-state index contributed by atoms with van der Waals surface area (Å²) in [4.78, 5) is 23.9. The van der Waals surface area contributed by atoms with Gasteiger partial charge in [0.2, 0.25) is 11.8 Å². The largest absolute Gasteiger partial charge is 0.326 e. The molecule has 0 unspecified atom stereocenters. The van der Waals surface area contributed by atoms with Gasteiger partial charge in [-0.1, -0.05) is 17.7 Å².